The molecular formula is C10H22O2Si. The van der Waals surface area contributed by atoms with Crippen LogP contribution in [0.25, 0.3) is 0 Å². The Morgan fingerprint density at radius 2 is 2.00 bits per heavy atom. The normalized spacial score (nSPS) is 11.7. The quantitative estimate of drug-likeness (QED) is 0.359. The van der Waals surface area contributed by atoms with Gasteiger partial charge in [-0.1, -0.05) is 12.2 Å². The first kappa shape index (κ1) is 12.9. The lowest BCUT2D eigenvalue weighted by Gasteiger charge is -2.21. The van der Waals surface area contributed by atoms with Gasteiger partial charge in [-0.2, -0.15) is 0 Å². The molecule has 0 spiro atoms. The molecule has 2 nitrogen and oxygen atoms in total. The van der Waals surface area contributed by atoms with Crippen LogP contribution in [-0.4, -0.2) is 28.1 Å². The average Bonchev–Trinajstić information content (AvgIpc) is 1.98. The summed E-state index contributed by atoms with van der Waals surface area (Å²) < 4.78 is 11.1. The zero-order valence-electron chi connectivity index (χ0n) is 9.35. The van der Waals surface area contributed by atoms with Crippen LogP contribution in [0.2, 0.25) is 19.1 Å². The van der Waals surface area contributed by atoms with Gasteiger partial charge in [0.2, 0.25) is 0 Å². The maximum atomic E-state index is 5.67. The van der Waals surface area contributed by atoms with Gasteiger partial charge in [-0.05, 0) is 33.0 Å². The predicted molar refractivity (Wildman–Crippen MR) is 59.5 cm³/mol. The van der Waals surface area contributed by atoms with Gasteiger partial charge < -0.3 is 9.16 Å². The minimum Gasteiger partial charge on any atom is -0.418 e. The molecule has 0 aromatic heterocycles. The van der Waals surface area contributed by atoms with E-state index in [1.807, 2.05) is 13.8 Å². The molecular weight excluding hydrogens is 180 g/mol. The maximum absolute atomic E-state index is 5.67. The summed E-state index contributed by atoms with van der Waals surface area (Å²) in [6, 6.07) is 1.06. The molecule has 0 aliphatic rings. The molecule has 13 heavy (non-hydrogen) atoms. The number of hydrogen-bond acceptors (Lipinski definition) is 2. The van der Waals surface area contributed by atoms with Crippen LogP contribution in [0.4, 0.5) is 0 Å². The van der Waals surface area contributed by atoms with E-state index in [0.717, 1.165) is 24.8 Å². The van der Waals surface area contributed by atoms with Gasteiger partial charge in [0.05, 0.1) is 6.61 Å². The van der Waals surface area contributed by atoms with E-state index in [1.54, 1.807) is 0 Å². The third-order valence-corrected chi connectivity index (χ3v) is 4.21. The Kier molecular flexibility index (Phi) is 6.29. The molecule has 0 unspecified atom stereocenters. The number of rotatable bonds is 7. The summed E-state index contributed by atoms with van der Waals surface area (Å²) in [7, 11) is -1.43. The van der Waals surface area contributed by atoms with E-state index >= 15 is 0 Å². The summed E-state index contributed by atoms with van der Waals surface area (Å²) in [5, 5.41) is 0. The van der Waals surface area contributed by atoms with Crippen LogP contribution in [0.15, 0.2) is 12.2 Å². The summed E-state index contributed by atoms with van der Waals surface area (Å²) in [5.74, 6) is 0. The highest BCUT2D eigenvalue weighted by Crippen LogP contribution is 2.10. The van der Waals surface area contributed by atoms with Gasteiger partial charge in [0.15, 0.2) is 8.32 Å². The Morgan fingerprint density at radius 1 is 1.38 bits per heavy atom. The first-order valence-corrected chi connectivity index (χ1v) is 7.95. The molecule has 0 aromatic rings. The Hall–Kier alpha value is -0.123. The van der Waals surface area contributed by atoms with Crippen molar-refractivity contribution >= 4 is 8.32 Å². The van der Waals surface area contributed by atoms with E-state index in [-0.39, 0.29) is 0 Å². The molecule has 0 saturated carbocycles. The Morgan fingerprint density at radius 3 is 2.46 bits per heavy atom. The number of ether oxygens (including phenoxy) is 1. The molecule has 0 fully saturated rings. The van der Waals surface area contributed by atoms with Gasteiger partial charge in [-0.3, -0.25) is 0 Å². The van der Waals surface area contributed by atoms with Gasteiger partial charge >= 0.3 is 0 Å². The Bertz CT molecular complexity index is 155. The molecule has 0 amide bonds. The minimum atomic E-state index is -1.43. The van der Waals surface area contributed by atoms with Gasteiger partial charge in [-0.15, -0.1) is 0 Å². The van der Waals surface area contributed by atoms with Gasteiger partial charge in [-0.25, -0.2) is 0 Å². The van der Waals surface area contributed by atoms with Gasteiger partial charge in [0.1, 0.15) is 0 Å². The highest BCUT2D eigenvalue weighted by atomic mass is 28.4. The molecule has 78 valence electrons. The molecule has 0 rings (SSSR count). The minimum absolute atomic E-state index is 0.677. The van der Waals surface area contributed by atoms with Gasteiger partial charge in [0, 0.05) is 13.2 Å². The van der Waals surface area contributed by atoms with E-state index < -0.39 is 8.32 Å². The fourth-order valence-electron chi connectivity index (χ4n) is 1.03. The molecule has 0 bridgehead atoms. The van der Waals surface area contributed by atoms with Crippen molar-refractivity contribution < 1.29 is 9.16 Å². The first-order valence-electron chi connectivity index (χ1n) is 4.84. The molecule has 0 radical (unpaired) electrons. The molecule has 0 saturated heterocycles. The van der Waals surface area contributed by atoms with Crippen LogP contribution in [-0.2, 0) is 9.16 Å². The van der Waals surface area contributed by atoms with Crippen LogP contribution in [0.1, 0.15) is 13.8 Å². The second-order valence-electron chi connectivity index (χ2n) is 3.95. The highest BCUT2D eigenvalue weighted by molar-refractivity contribution is 6.71. The third-order valence-electron chi connectivity index (χ3n) is 1.73. The smallest absolute Gasteiger partial charge is 0.188 e. The van der Waals surface area contributed by atoms with Crippen molar-refractivity contribution in [1.29, 1.82) is 0 Å². The van der Waals surface area contributed by atoms with E-state index in [0.29, 0.717) is 6.61 Å². The Labute approximate surface area is 83.1 Å². The predicted octanol–water partition coefficient (Wildman–Crippen LogP) is 2.82. The van der Waals surface area contributed by atoms with E-state index in [1.165, 1.54) is 0 Å². The van der Waals surface area contributed by atoms with Crippen LogP contribution in [0, 0.1) is 0 Å². The SMILES string of the molecule is C=C(C)COCC[Si](C)(C)OCC. The van der Waals surface area contributed by atoms with Gasteiger partial charge in [0.25, 0.3) is 0 Å². The van der Waals surface area contributed by atoms with Crippen molar-refractivity contribution in [3.8, 4) is 0 Å². The lowest BCUT2D eigenvalue weighted by molar-refractivity contribution is 0.165. The summed E-state index contributed by atoms with van der Waals surface area (Å²) in [5.41, 5.74) is 1.08. The molecule has 0 aliphatic heterocycles. The van der Waals surface area contributed by atoms with Crippen molar-refractivity contribution in [3.63, 3.8) is 0 Å². The van der Waals surface area contributed by atoms with E-state index in [9.17, 15) is 0 Å². The van der Waals surface area contributed by atoms with Crippen molar-refractivity contribution in [2.45, 2.75) is 33.0 Å². The fourth-order valence-corrected chi connectivity index (χ4v) is 2.59. The lowest BCUT2D eigenvalue weighted by Crippen LogP contribution is -2.31. The summed E-state index contributed by atoms with van der Waals surface area (Å²) >= 11 is 0. The van der Waals surface area contributed by atoms with Crippen LogP contribution >= 0.6 is 0 Å². The van der Waals surface area contributed by atoms with Crippen LogP contribution in [0.3, 0.4) is 0 Å². The summed E-state index contributed by atoms with van der Waals surface area (Å²) in [6.07, 6.45) is 0. The zero-order valence-corrected chi connectivity index (χ0v) is 10.4. The van der Waals surface area contributed by atoms with E-state index in [2.05, 4.69) is 19.7 Å². The highest BCUT2D eigenvalue weighted by Gasteiger charge is 2.20. The van der Waals surface area contributed by atoms with E-state index in [4.69, 9.17) is 9.16 Å². The molecule has 3 heteroatoms. The maximum Gasteiger partial charge on any atom is 0.188 e. The number of hydrogen-bond donors (Lipinski definition) is 0. The second-order valence-corrected chi connectivity index (χ2v) is 8.26. The van der Waals surface area contributed by atoms with Crippen LogP contribution in [0.5, 0.6) is 0 Å². The topological polar surface area (TPSA) is 18.5 Å². The van der Waals surface area contributed by atoms with Crippen molar-refractivity contribution in [2.75, 3.05) is 19.8 Å². The second kappa shape index (κ2) is 6.35. The summed E-state index contributed by atoms with van der Waals surface area (Å²) in [6.45, 7) is 14.5. The monoisotopic (exact) mass is 202 g/mol. The molecule has 0 N–H and O–H groups in total. The molecule has 0 aromatic carbocycles. The van der Waals surface area contributed by atoms with Crippen LogP contribution < -0.4 is 0 Å². The van der Waals surface area contributed by atoms with Crippen molar-refractivity contribution in [2.24, 2.45) is 0 Å². The van der Waals surface area contributed by atoms with Crippen molar-refractivity contribution in [1.82, 2.24) is 0 Å². The molecule has 0 atom stereocenters. The molecule has 0 aliphatic carbocycles. The largest absolute Gasteiger partial charge is 0.418 e. The lowest BCUT2D eigenvalue weighted by atomic mass is 10.4. The first-order chi connectivity index (χ1) is 5.98. The standard InChI is InChI=1S/C10H22O2Si/c1-6-12-13(4,5)8-7-11-9-10(2)3/h2,6-9H2,1,3-5H3. The molecule has 0 heterocycles. The zero-order chi connectivity index (χ0) is 10.3. The fraction of sp³-hybridized carbons (Fsp3) is 0.800. The summed E-state index contributed by atoms with van der Waals surface area (Å²) in [4.78, 5) is 0. The van der Waals surface area contributed by atoms with Crippen molar-refractivity contribution in [3.05, 3.63) is 12.2 Å². The Balaban J connectivity index is 3.45. The third kappa shape index (κ3) is 8.21. The average molecular weight is 202 g/mol.